The zero-order valence-electron chi connectivity index (χ0n) is 15.1. The van der Waals surface area contributed by atoms with Crippen LogP contribution in [-0.4, -0.2) is 30.1 Å². The Morgan fingerprint density at radius 2 is 1.50 bits per heavy atom. The lowest BCUT2D eigenvalue weighted by atomic mass is 10.2. The molecule has 0 radical (unpaired) electrons. The number of rotatable bonds is 9. The summed E-state index contributed by atoms with van der Waals surface area (Å²) in [7, 11) is 0. The summed E-state index contributed by atoms with van der Waals surface area (Å²) in [4.78, 5) is 25.6. The third-order valence-corrected chi connectivity index (χ3v) is 3.79. The largest absolute Gasteiger partial charge is 0.466 e. The molecule has 0 spiro atoms. The first kappa shape index (κ1) is 19.5. The normalized spacial score (nSPS) is 10.2. The molecule has 0 aliphatic carbocycles. The topological polar surface area (TPSA) is 55.8 Å². The molecule has 0 aromatic heterocycles. The fourth-order valence-corrected chi connectivity index (χ4v) is 2.50. The van der Waals surface area contributed by atoms with Crippen molar-refractivity contribution in [3.8, 4) is 0 Å². The van der Waals surface area contributed by atoms with Crippen LogP contribution in [0, 0.1) is 0 Å². The summed E-state index contributed by atoms with van der Waals surface area (Å²) in [6.45, 7) is 3.24. The van der Waals surface area contributed by atoms with E-state index >= 15 is 0 Å². The predicted molar refractivity (Wildman–Crippen MR) is 99.3 cm³/mol. The number of hydrogen-bond acceptors (Lipinski definition) is 4. The van der Waals surface area contributed by atoms with Crippen molar-refractivity contribution in [1.82, 2.24) is 4.90 Å². The third-order valence-electron chi connectivity index (χ3n) is 3.79. The van der Waals surface area contributed by atoms with Crippen LogP contribution in [0.3, 0.4) is 0 Å². The Hall–Kier alpha value is -2.82. The molecule has 0 bridgehead atoms. The lowest BCUT2D eigenvalue weighted by Crippen LogP contribution is -2.32. The fourth-order valence-electron chi connectivity index (χ4n) is 2.50. The maximum Gasteiger partial charge on any atom is 0.410 e. The number of ether oxygens (including phenoxy) is 2. The lowest BCUT2D eigenvalue weighted by Gasteiger charge is -2.22. The second-order valence-corrected chi connectivity index (χ2v) is 5.86. The minimum absolute atomic E-state index is 0.225. The number of amides is 1. The lowest BCUT2D eigenvalue weighted by molar-refractivity contribution is -0.143. The van der Waals surface area contributed by atoms with Crippen molar-refractivity contribution in [2.24, 2.45) is 0 Å². The summed E-state index contributed by atoms with van der Waals surface area (Å²) in [5, 5.41) is 0. The number of benzene rings is 2. The average molecular weight is 355 g/mol. The van der Waals surface area contributed by atoms with Crippen molar-refractivity contribution in [3.63, 3.8) is 0 Å². The monoisotopic (exact) mass is 355 g/mol. The summed E-state index contributed by atoms with van der Waals surface area (Å²) in [6.07, 6.45) is 0.429. The molecule has 2 aromatic carbocycles. The quantitative estimate of drug-likeness (QED) is 0.634. The van der Waals surface area contributed by atoms with E-state index in [1.54, 1.807) is 11.8 Å². The van der Waals surface area contributed by atoms with E-state index in [-0.39, 0.29) is 25.1 Å². The second kappa shape index (κ2) is 10.9. The van der Waals surface area contributed by atoms with Crippen molar-refractivity contribution < 1.29 is 19.1 Å². The molecule has 0 heterocycles. The number of esters is 1. The Labute approximate surface area is 154 Å². The van der Waals surface area contributed by atoms with E-state index < -0.39 is 0 Å². The van der Waals surface area contributed by atoms with Gasteiger partial charge in [-0.3, -0.25) is 4.79 Å². The molecule has 0 fully saturated rings. The molecule has 0 N–H and O–H groups in total. The molecule has 0 aliphatic heterocycles. The molecular formula is C21H25NO4. The number of nitrogens with zero attached hydrogens (tertiary/aromatic N) is 1. The Morgan fingerprint density at radius 3 is 2.12 bits per heavy atom. The summed E-state index contributed by atoms with van der Waals surface area (Å²) in [5.41, 5.74) is 1.95. The van der Waals surface area contributed by atoms with Gasteiger partial charge in [0, 0.05) is 19.5 Å². The van der Waals surface area contributed by atoms with E-state index in [1.807, 2.05) is 60.7 Å². The van der Waals surface area contributed by atoms with Gasteiger partial charge < -0.3 is 14.4 Å². The van der Waals surface area contributed by atoms with Gasteiger partial charge in [-0.05, 0) is 24.5 Å². The van der Waals surface area contributed by atoms with Gasteiger partial charge in [-0.25, -0.2) is 4.79 Å². The summed E-state index contributed by atoms with van der Waals surface area (Å²) >= 11 is 0. The van der Waals surface area contributed by atoms with Crippen LogP contribution in [0.25, 0.3) is 0 Å². The van der Waals surface area contributed by atoms with Gasteiger partial charge in [0.25, 0.3) is 0 Å². The molecule has 26 heavy (non-hydrogen) atoms. The van der Waals surface area contributed by atoms with Crippen LogP contribution >= 0.6 is 0 Å². The molecule has 0 saturated carbocycles. The summed E-state index contributed by atoms with van der Waals surface area (Å²) in [6, 6.07) is 19.3. The van der Waals surface area contributed by atoms with Crippen LogP contribution in [-0.2, 0) is 27.4 Å². The Balaban J connectivity index is 1.92. The Morgan fingerprint density at radius 1 is 0.885 bits per heavy atom. The van der Waals surface area contributed by atoms with E-state index in [9.17, 15) is 9.59 Å². The summed E-state index contributed by atoms with van der Waals surface area (Å²) < 4.78 is 10.4. The maximum absolute atomic E-state index is 12.5. The van der Waals surface area contributed by atoms with Gasteiger partial charge >= 0.3 is 12.1 Å². The molecule has 0 atom stereocenters. The number of carbonyl (C=O) groups is 2. The van der Waals surface area contributed by atoms with E-state index in [1.165, 1.54) is 0 Å². The second-order valence-electron chi connectivity index (χ2n) is 5.86. The Bertz CT molecular complexity index is 673. The highest BCUT2D eigenvalue weighted by Crippen LogP contribution is 2.10. The van der Waals surface area contributed by atoms with E-state index in [0.29, 0.717) is 26.1 Å². The smallest absolute Gasteiger partial charge is 0.410 e. The zero-order valence-corrected chi connectivity index (χ0v) is 15.1. The van der Waals surface area contributed by atoms with Crippen LogP contribution in [0.1, 0.15) is 30.9 Å². The van der Waals surface area contributed by atoms with Crippen molar-refractivity contribution >= 4 is 12.1 Å². The zero-order chi connectivity index (χ0) is 18.6. The molecule has 1 amide bonds. The minimum Gasteiger partial charge on any atom is -0.466 e. The summed E-state index contributed by atoms with van der Waals surface area (Å²) in [5.74, 6) is -0.246. The van der Waals surface area contributed by atoms with Crippen LogP contribution in [0.15, 0.2) is 60.7 Å². The molecule has 5 nitrogen and oxygen atoms in total. The van der Waals surface area contributed by atoms with Crippen molar-refractivity contribution in [3.05, 3.63) is 71.8 Å². The fraction of sp³-hybridized carbons (Fsp3) is 0.333. The highest BCUT2D eigenvalue weighted by atomic mass is 16.6. The van der Waals surface area contributed by atoms with E-state index in [4.69, 9.17) is 9.47 Å². The average Bonchev–Trinajstić information content (AvgIpc) is 2.67. The van der Waals surface area contributed by atoms with Crippen molar-refractivity contribution in [2.75, 3.05) is 13.2 Å². The molecule has 2 aromatic rings. The number of hydrogen-bond donors (Lipinski definition) is 0. The van der Waals surface area contributed by atoms with Gasteiger partial charge in [-0.15, -0.1) is 0 Å². The van der Waals surface area contributed by atoms with Crippen molar-refractivity contribution in [2.45, 2.75) is 32.9 Å². The minimum atomic E-state index is -0.387. The van der Waals surface area contributed by atoms with Crippen LogP contribution in [0.5, 0.6) is 0 Å². The van der Waals surface area contributed by atoms with Crippen LogP contribution in [0.4, 0.5) is 4.79 Å². The first-order valence-electron chi connectivity index (χ1n) is 8.84. The third kappa shape index (κ3) is 6.97. The van der Waals surface area contributed by atoms with Gasteiger partial charge in [0.2, 0.25) is 0 Å². The van der Waals surface area contributed by atoms with E-state index in [2.05, 4.69) is 0 Å². The molecule has 0 unspecified atom stereocenters. The highest BCUT2D eigenvalue weighted by Gasteiger charge is 2.16. The van der Waals surface area contributed by atoms with Gasteiger partial charge in [0.05, 0.1) is 6.61 Å². The highest BCUT2D eigenvalue weighted by molar-refractivity contribution is 5.70. The van der Waals surface area contributed by atoms with E-state index in [0.717, 1.165) is 11.1 Å². The SMILES string of the molecule is CCOC(=O)CCCN(Cc1ccccc1)C(=O)OCc1ccccc1. The van der Waals surface area contributed by atoms with Gasteiger partial charge in [0.1, 0.15) is 6.61 Å². The van der Waals surface area contributed by atoms with Gasteiger partial charge in [0.15, 0.2) is 0 Å². The first-order chi connectivity index (χ1) is 12.7. The van der Waals surface area contributed by atoms with Crippen LogP contribution in [0.2, 0.25) is 0 Å². The molecule has 2 rings (SSSR count). The molecule has 5 heteroatoms. The standard InChI is InChI=1S/C21H25NO4/c1-2-25-20(23)14-9-15-22(16-18-10-5-3-6-11-18)21(24)26-17-19-12-7-4-8-13-19/h3-8,10-13H,2,9,14-17H2,1H3. The Kier molecular flexibility index (Phi) is 8.19. The molecule has 138 valence electrons. The molecule has 0 saturated heterocycles. The first-order valence-corrected chi connectivity index (χ1v) is 8.84. The molecular weight excluding hydrogens is 330 g/mol. The van der Waals surface area contributed by atoms with Crippen LogP contribution < -0.4 is 0 Å². The van der Waals surface area contributed by atoms with Crippen molar-refractivity contribution in [1.29, 1.82) is 0 Å². The predicted octanol–water partition coefficient (Wildman–Crippen LogP) is 4.17. The molecule has 0 aliphatic rings. The number of carbonyl (C=O) groups excluding carboxylic acids is 2. The van der Waals surface area contributed by atoms with Gasteiger partial charge in [-0.1, -0.05) is 60.7 Å². The van der Waals surface area contributed by atoms with Gasteiger partial charge in [-0.2, -0.15) is 0 Å². The maximum atomic E-state index is 12.5.